The van der Waals surface area contributed by atoms with Crippen molar-refractivity contribution in [3.8, 4) is 0 Å². The summed E-state index contributed by atoms with van der Waals surface area (Å²) in [5.74, 6) is 0.549. The van der Waals surface area contributed by atoms with Crippen LogP contribution in [0.1, 0.15) is 47.5 Å². The van der Waals surface area contributed by atoms with Crippen LogP contribution in [0.3, 0.4) is 0 Å². The molecule has 5 nitrogen and oxygen atoms in total. The number of nitrogens with zero attached hydrogens (tertiary/aromatic N) is 1. The molecule has 0 bridgehead atoms. The van der Waals surface area contributed by atoms with Crippen LogP contribution in [0.2, 0.25) is 0 Å². The Labute approximate surface area is 123 Å². The lowest BCUT2D eigenvalue weighted by Gasteiger charge is -2.24. The molecule has 0 fully saturated rings. The van der Waals surface area contributed by atoms with Gasteiger partial charge in [-0.05, 0) is 45.6 Å². The lowest BCUT2D eigenvalue weighted by molar-refractivity contribution is -0.136. The van der Waals surface area contributed by atoms with Crippen molar-refractivity contribution >= 4 is 11.8 Å². The van der Waals surface area contributed by atoms with Crippen molar-refractivity contribution < 1.29 is 9.59 Å². The molecule has 0 saturated heterocycles. The molecule has 0 aliphatic carbocycles. The van der Waals surface area contributed by atoms with E-state index in [0.717, 1.165) is 6.42 Å². The minimum absolute atomic E-state index is 0.0230. The summed E-state index contributed by atoms with van der Waals surface area (Å²) in [6.07, 6.45) is 1.35. The predicted molar refractivity (Wildman–Crippen MR) is 82.1 cm³/mol. The van der Waals surface area contributed by atoms with Gasteiger partial charge in [-0.15, -0.1) is 0 Å². The molecule has 0 saturated carbocycles. The first kappa shape index (κ1) is 18.9. The normalized spacial score (nSPS) is 13.2. The van der Waals surface area contributed by atoms with Gasteiger partial charge in [0.05, 0.1) is 6.54 Å². The van der Waals surface area contributed by atoms with Gasteiger partial charge in [0.15, 0.2) is 0 Å². The molecule has 1 unspecified atom stereocenters. The highest BCUT2D eigenvalue weighted by Gasteiger charge is 2.20. The number of nitrogens with two attached hydrogens (primary N) is 1. The second-order valence-electron chi connectivity index (χ2n) is 6.98. The minimum Gasteiger partial charge on any atom is -0.350 e. The van der Waals surface area contributed by atoms with E-state index in [1.165, 1.54) is 4.90 Å². The molecule has 0 aromatic heterocycles. The van der Waals surface area contributed by atoms with Crippen molar-refractivity contribution in [3.05, 3.63) is 0 Å². The molecule has 2 amide bonds. The molecule has 0 heterocycles. The maximum Gasteiger partial charge on any atom is 0.240 e. The van der Waals surface area contributed by atoms with Crippen molar-refractivity contribution in [3.63, 3.8) is 0 Å². The summed E-state index contributed by atoms with van der Waals surface area (Å²) in [5.41, 5.74) is 5.42. The van der Waals surface area contributed by atoms with E-state index < -0.39 is 0 Å². The van der Waals surface area contributed by atoms with Gasteiger partial charge in [-0.1, -0.05) is 13.8 Å². The SMILES string of the molecule is CC(C)CC(CN)CC(=O)N(C)CC(=O)NC(C)(C)C. The Morgan fingerprint density at radius 2 is 1.80 bits per heavy atom. The highest BCUT2D eigenvalue weighted by Crippen LogP contribution is 2.15. The first-order valence-electron chi connectivity index (χ1n) is 7.30. The van der Waals surface area contributed by atoms with Crippen LogP contribution in [0, 0.1) is 11.8 Å². The number of likely N-dealkylation sites (N-methyl/N-ethyl adjacent to an activating group) is 1. The summed E-state index contributed by atoms with van der Waals surface area (Å²) >= 11 is 0. The number of hydrogen-bond acceptors (Lipinski definition) is 3. The molecule has 118 valence electrons. The van der Waals surface area contributed by atoms with Crippen molar-refractivity contribution in [2.75, 3.05) is 20.1 Å². The Morgan fingerprint density at radius 3 is 2.20 bits per heavy atom. The average molecular weight is 285 g/mol. The van der Waals surface area contributed by atoms with E-state index in [4.69, 9.17) is 5.73 Å². The van der Waals surface area contributed by atoms with Crippen LogP contribution in [0.4, 0.5) is 0 Å². The van der Waals surface area contributed by atoms with Gasteiger partial charge in [0.25, 0.3) is 0 Å². The largest absolute Gasteiger partial charge is 0.350 e. The fraction of sp³-hybridized carbons (Fsp3) is 0.867. The molecule has 20 heavy (non-hydrogen) atoms. The van der Waals surface area contributed by atoms with Gasteiger partial charge in [0, 0.05) is 19.0 Å². The molecule has 3 N–H and O–H groups in total. The van der Waals surface area contributed by atoms with Gasteiger partial charge in [0.1, 0.15) is 0 Å². The molecule has 0 rings (SSSR count). The van der Waals surface area contributed by atoms with E-state index in [0.29, 0.717) is 18.9 Å². The van der Waals surface area contributed by atoms with Gasteiger partial charge in [-0.25, -0.2) is 0 Å². The van der Waals surface area contributed by atoms with Crippen LogP contribution in [0.15, 0.2) is 0 Å². The van der Waals surface area contributed by atoms with Crippen LogP contribution in [0.25, 0.3) is 0 Å². The van der Waals surface area contributed by atoms with Crippen LogP contribution >= 0.6 is 0 Å². The average Bonchev–Trinajstić information content (AvgIpc) is 2.24. The van der Waals surface area contributed by atoms with E-state index in [2.05, 4.69) is 19.2 Å². The third kappa shape index (κ3) is 8.91. The molecule has 0 radical (unpaired) electrons. The van der Waals surface area contributed by atoms with Crippen molar-refractivity contribution in [2.45, 2.75) is 53.0 Å². The number of amides is 2. The quantitative estimate of drug-likeness (QED) is 0.742. The lowest BCUT2D eigenvalue weighted by Crippen LogP contribution is -2.46. The molecule has 0 aromatic carbocycles. The topological polar surface area (TPSA) is 75.4 Å². The Balaban J connectivity index is 4.30. The minimum atomic E-state index is -0.279. The first-order valence-corrected chi connectivity index (χ1v) is 7.30. The third-order valence-electron chi connectivity index (χ3n) is 2.92. The van der Waals surface area contributed by atoms with Gasteiger partial charge in [-0.2, -0.15) is 0 Å². The highest BCUT2D eigenvalue weighted by molar-refractivity contribution is 5.85. The summed E-state index contributed by atoms with van der Waals surface area (Å²) in [7, 11) is 1.66. The summed E-state index contributed by atoms with van der Waals surface area (Å²) in [4.78, 5) is 25.3. The third-order valence-corrected chi connectivity index (χ3v) is 2.92. The molecule has 1 atom stereocenters. The van der Waals surface area contributed by atoms with Crippen molar-refractivity contribution in [2.24, 2.45) is 17.6 Å². The maximum absolute atomic E-state index is 12.1. The van der Waals surface area contributed by atoms with Crippen LogP contribution < -0.4 is 11.1 Å². The predicted octanol–water partition coefficient (Wildman–Crippen LogP) is 1.37. The van der Waals surface area contributed by atoms with Crippen LogP contribution in [-0.4, -0.2) is 42.4 Å². The molecule has 0 aromatic rings. The molecule has 0 aliphatic heterocycles. The molecule has 5 heteroatoms. The number of carbonyl (C=O) groups excluding carboxylic acids is 2. The molecular formula is C15H31N3O2. The van der Waals surface area contributed by atoms with Gasteiger partial charge in [0.2, 0.25) is 11.8 Å². The van der Waals surface area contributed by atoms with E-state index in [9.17, 15) is 9.59 Å². The Bertz CT molecular complexity index is 322. The smallest absolute Gasteiger partial charge is 0.240 e. The Morgan fingerprint density at radius 1 is 1.25 bits per heavy atom. The number of hydrogen-bond donors (Lipinski definition) is 2. The molecule has 0 spiro atoms. The number of rotatable bonds is 7. The van der Waals surface area contributed by atoms with Gasteiger partial charge in [-0.3, -0.25) is 9.59 Å². The molecule has 0 aliphatic rings. The zero-order valence-corrected chi connectivity index (χ0v) is 13.8. The second-order valence-corrected chi connectivity index (χ2v) is 6.98. The van der Waals surface area contributed by atoms with E-state index in [1.54, 1.807) is 7.05 Å². The first-order chi connectivity index (χ1) is 9.05. The molecular weight excluding hydrogens is 254 g/mol. The standard InChI is InChI=1S/C15H31N3O2/c1-11(2)7-12(9-16)8-14(20)18(6)10-13(19)17-15(3,4)5/h11-12H,7-10,16H2,1-6H3,(H,17,19). The fourth-order valence-electron chi connectivity index (χ4n) is 2.09. The van der Waals surface area contributed by atoms with E-state index >= 15 is 0 Å². The summed E-state index contributed by atoms with van der Waals surface area (Å²) in [5, 5.41) is 2.85. The van der Waals surface area contributed by atoms with Gasteiger partial charge >= 0.3 is 0 Å². The zero-order chi connectivity index (χ0) is 15.9. The summed E-state index contributed by atoms with van der Waals surface area (Å²) in [6.45, 7) is 10.6. The van der Waals surface area contributed by atoms with Crippen LogP contribution in [-0.2, 0) is 9.59 Å². The number of nitrogens with one attached hydrogen (secondary N) is 1. The van der Waals surface area contributed by atoms with Crippen molar-refractivity contribution in [1.29, 1.82) is 0 Å². The monoisotopic (exact) mass is 285 g/mol. The lowest BCUT2D eigenvalue weighted by atomic mass is 9.94. The van der Waals surface area contributed by atoms with Crippen molar-refractivity contribution in [1.82, 2.24) is 10.2 Å². The highest BCUT2D eigenvalue weighted by atomic mass is 16.2. The Kier molecular flexibility index (Phi) is 7.79. The van der Waals surface area contributed by atoms with Gasteiger partial charge < -0.3 is 16.0 Å². The summed E-state index contributed by atoms with van der Waals surface area (Å²) < 4.78 is 0. The maximum atomic E-state index is 12.1. The zero-order valence-electron chi connectivity index (χ0n) is 13.8. The second kappa shape index (κ2) is 8.25. The van der Waals surface area contributed by atoms with E-state index in [-0.39, 0.29) is 29.8 Å². The fourth-order valence-corrected chi connectivity index (χ4v) is 2.09. The van der Waals surface area contributed by atoms with Crippen LogP contribution in [0.5, 0.6) is 0 Å². The van der Waals surface area contributed by atoms with E-state index in [1.807, 2.05) is 20.8 Å². The number of carbonyl (C=O) groups is 2. The Hall–Kier alpha value is -1.10. The summed E-state index contributed by atoms with van der Waals surface area (Å²) in [6, 6.07) is 0.